The number of thiophene rings is 1. The molecule has 2 aliphatic heterocycles. The molecule has 2 spiro atoms. The second kappa shape index (κ2) is 6.18. The molecule has 2 aromatic rings. The fourth-order valence-electron chi connectivity index (χ4n) is 5.38. The van der Waals surface area contributed by atoms with Crippen LogP contribution in [-0.2, 0) is 36.8 Å². The number of aryl methyl sites for hydroxylation is 2. The van der Waals surface area contributed by atoms with Crippen LogP contribution in [0.2, 0.25) is 0 Å². The first-order chi connectivity index (χ1) is 12.6. The Balaban J connectivity index is 1.44. The quantitative estimate of drug-likeness (QED) is 0.816. The van der Waals surface area contributed by atoms with E-state index in [1.165, 1.54) is 41.7 Å². The van der Waals surface area contributed by atoms with E-state index in [-0.39, 0.29) is 5.60 Å². The second-order valence-corrected chi connectivity index (χ2v) is 9.67. The van der Waals surface area contributed by atoms with Crippen LogP contribution in [0, 0.1) is 0 Å². The lowest BCUT2D eigenvalue weighted by Crippen LogP contribution is -2.62. The van der Waals surface area contributed by atoms with Crippen molar-refractivity contribution in [3.8, 4) is 0 Å². The topological polar surface area (TPSA) is 30.3 Å². The third-order valence-electron chi connectivity index (χ3n) is 6.89. The van der Waals surface area contributed by atoms with Gasteiger partial charge in [-0.05, 0) is 50.2 Å². The predicted octanol–water partition coefficient (Wildman–Crippen LogP) is 4.03. The summed E-state index contributed by atoms with van der Waals surface area (Å²) in [6.45, 7) is 5.33. The zero-order valence-electron chi connectivity index (χ0n) is 16.0. The zero-order valence-corrected chi connectivity index (χ0v) is 16.8. The fraction of sp³-hybridized carbons (Fsp3) is 0.667. The third kappa shape index (κ3) is 2.59. The summed E-state index contributed by atoms with van der Waals surface area (Å²) in [5, 5.41) is 4.37. The van der Waals surface area contributed by atoms with Crippen LogP contribution >= 0.6 is 11.3 Å². The van der Waals surface area contributed by atoms with Crippen molar-refractivity contribution in [2.75, 3.05) is 13.2 Å². The summed E-state index contributed by atoms with van der Waals surface area (Å²) in [4.78, 5) is 5.87. The molecule has 0 bridgehead atoms. The maximum Gasteiger partial charge on any atom is 0.0972 e. The van der Waals surface area contributed by atoms with Crippen molar-refractivity contribution in [2.45, 2.75) is 69.6 Å². The van der Waals surface area contributed by atoms with Crippen molar-refractivity contribution in [1.82, 2.24) is 14.7 Å². The zero-order chi connectivity index (χ0) is 17.8. The van der Waals surface area contributed by atoms with Crippen LogP contribution in [0.15, 0.2) is 18.5 Å². The van der Waals surface area contributed by atoms with Gasteiger partial charge in [0, 0.05) is 53.6 Å². The number of rotatable bonds is 3. The first-order valence-electron chi connectivity index (χ1n) is 10.1. The van der Waals surface area contributed by atoms with Gasteiger partial charge in [0.25, 0.3) is 0 Å². The highest BCUT2D eigenvalue weighted by Crippen LogP contribution is 2.55. The maximum atomic E-state index is 6.59. The van der Waals surface area contributed by atoms with Gasteiger partial charge in [-0.3, -0.25) is 9.58 Å². The molecule has 1 aliphatic carbocycles. The Morgan fingerprint density at radius 1 is 1.31 bits per heavy atom. The number of likely N-dealkylation sites (tertiary alicyclic amines) is 1. The molecule has 1 atom stereocenters. The molecule has 2 aromatic heterocycles. The highest BCUT2D eigenvalue weighted by atomic mass is 32.1. The Hall–Kier alpha value is -1.17. The van der Waals surface area contributed by atoms with Gasteiger partial charge >= 0.3 is 0 Å². The Kier molecular flexibility index (Phi) is 4.03. The van der Waals surface area contributed by atoms with E-state index >= 15 is 0 Å². The van der Waals surface area contributed by atoms with E-state index in [2.05, 4.69) is 29.2 Å². The summed E-state index contributed by atoms with van der Waals surface area (Å²) >= 11 is 2.03. The summed E-state index contributed by atoms with van der Waals surface area (Å²) in [6, 6.07) is 2.47. The van der Waals surface area contributed by atoms with Crippen molar-refractivity contribution >= 4 is 11.3 Å². The van der Waals surface area contributed by atoms with Crippen LogP contribution in [0.3, 0.4) is 0 Å². The Labute approximate surface area is 160 Å². The standard InChI is InChI=1S/C21H29N3OS/c1-3-17-11-18-19(26-17)5-10-25-21(18)8-9-24(20(15-21)6-4-7-20)14-16-12-22-23(2)13-16/h11-13H,3-10,14-15H2,1-2H3. The first-order valence-corrected chi connectivity index (χ1v) is 10.9. The van der Waals surface area contributed by atoms with Crippen molar-refractivity contribution in [2.24, 2.45) is 7.05 Å². The molecular weight excluding hydrogens is 342 g/mol. The van der Waals surface area contributed by atoms with Crippen LogP contribution in [0.1, 0.15) is 59.9 Å². The molecule has 1 unspecified atom stereocenters. The average molecular weight is 372 g/mol. The Morgan fingerprint density at radius 2 is 2.19 bits per heavy atom. The van der Waals surface area contributed by atoms with Crippen LogP contribution in [-0.4, -0.2) is 33.4 Å². The van der Waals surface area contributed by atoms with E-state index in [4.69, 9.17) is 4.74 Å². The largest absolute Gasteiger partial charge is 0.370 e. The highest BCUT2D eigenvalue weighted by molar-refractivity contribution is 7.12. The van der Waals surface area contributed by atoms with E-state index in [0.29, 0.717) is 5.54 Å². The molecule has 0 N–H and O–H groups in total. The minimum atomic E-state index is -0.0244. The molecule has 26 heavy (non-hydrogen) atoms. The SMILES string of the molecule is CCc1cc2c(s1)CCOC21CCN(Cc2cnn(C)c2)C2(CCC2)C1. The molecular formula is C21H29N3OS. The molecule has 140 valence electrons. The van der Waals surface area contributed by atoms with Crippen LogP contribution in [0.4, 0.5) is 0 Å². The lowest BCUT2D eigenvalue weighted by molar-refractivity contribution is -0.161. The van der Waals surface area contributed by atoms with Crippen molar-refractivity contribution in [1.29, 1.82) is 0 Å². The van der Waals surface area contributed by atoms with Gasteiger partial charge in [-0.25, -0.2) is 0 Å². The minimum Gasteiger partial charge on any atom is -0.370 e. The number of hydrogen-bond donors (Lipinski definition) is 0. The fourth-order valence-corrected chi connectivity index (χ4v) is 6.56. The smallest absolute Gasteiger partial charge is 0.0972 e. The lowest BCUT2D eigenvalue weighted by Gasteiger charge is -2.59. The number of hydrogen-bond acceptors (Lipinski definition) is 4. The third-order valence-corrected chi connectivity index (χ3v) is 8.23. The molecule has 5 rings (SSSR count). The van der Waals surface area contributed by atoms with Gasteiger partial charge in [0.1, 0.15) is 0 Å². The van der Waals surface area contributed by atoms with Crippen LogP contribution in [0.25, 0.3) is 0 Å². The molecule has 0 amide bonds. The number of fused-ring (bicyclic) bond motifs is 2. The average Bonchev–Trinajstić information content (AvgIpc) is 3.22. The predicted molar refractivity (Wildman–Crippen MR) is 104 cm³/mol. The van der Waals surface area contributed by atoms with Gasteiger partial charge in [0.05, 0.1) is 18.4 Å². The van der Waals surface area contributed by atoms with Crippen LogP contribution in [0.5, 0.6) is 0 Å². The van der Waals surface area contributed by atoms with Crippen molar-refractivity contribution in [3.05, 3.63) is 39.3 Å². The summed E-state index contributed by atoms with van der Waals surface area (Å²) < 4.78 is 8.51. The highest BCUT2D eigenvalue weighted by Gasteiger charge is 2.54. The van der Waals surface area contributed by atoms with E-state index in [1.807, 2.05) is 29.3 Å². The maximum absolute atomic E-state index is 6.59. The summed E-state index contributed by atoms with van der Waals surface area (Å²) in [6.07, 6.45) is 12.7. The van der Waals surface area contributed by atoms with Gasteiger partial charge in [-0.15, -0.1) is 11.3 Å². The minimum absolute atomic E-state index is 0.0244. The molecule has 0 aromatic carbocycles. The molecule has 4 nitrogen and oxygen atoms in total. The van der Waals surface area contributed by atoms with E-state index in [9.17, 15) is 0 Å². The molecule has 2 fully saturated rings. The molecule has 1 saturated carbocycles. The molecule has 5 heteroatoms. The van der Waals surface area contributed by atoms with Crippen LogP contribution < -0.4 is 0 Å². The number of piperidine rings is 1. The first kappa shape index (κ1) is 17.0. The van der Waals surface area contributed by atoms with Gasteiger partial charge in [-0.2, -0.15) is 5.10 Å². The Bertz CT molecular complexity index is 806. The molecule has 4 heterocycles. The number of nitrogens with zero attached hydrogens (tertiary/aromatic N) is 3. The summed E-state index contributed by atoms with van der Waals surface area (Å²) in [5.74, 6) is 0. The van der Waals surface area contributed by atoms with Gasteiger partial charge in [-0.1, -0.05) is 6.92 Å². The normalized spacial score (nSPS) is 27.6. The lowest BCUT2D eigenvalue weighted by atomic mass is 9.63. The molecule has 1 saturated heterocycles. The van der Waals surface area contributed by atoms with Crippen molar-refractivity contribution in [3.63, 3.8) is 0 Å². The van der Waals surface area contributed by atoms with E-state index in [1.54, 1.807) is 4.88 Å². The summed E-state index contributed by atoms with van der Waals surface area (Å²) in [7, 11) is 2.01. The number of aromatic nitrogens is 2. The second-order valence-electron chi connectivity index (χ2n) is 8.44. The Morgan fingerprint density at radius 3 is 2.88 bits per heavy atom. The summed E-state index contributed by atoms with van der Waals surface area (Å²) in [5.41, 5.74) is 3.18. The molecule has 0 radical (unpaired) electrons. The van der Waals surface area contributed by atoms with E-state index < -0.39 is 0 Å². The van der Waals surface area contributed by atoms with Gasteiger partial charge in [0.2, 0.25) is 0 Å². The monoisotopic (exact) mass is 371 g/mol. The van der Waals surface area contributed by atoms with Gasteiger partial charge < -0.3 is 4.74 Å². The van der Waals surface area contributed by atoms with Crippen molar-refractivity contribution < 1.29 is 4.74 Å². The van der Waals surface area contributed by atoms with E-state index in [0.717, 1.165) is 39.0 Å². The molecule has 3 aliphatic rings. The van der Waals surface area contributed by atoms with Gasteiger partial charge in [0.15, 0.2) is 0 Å². The number of ether oxygens (including phenoxy) is 1.